The Kier molecular flexibility index (Phi) is 5.93. The SMILES string of the molecule is COc1cc(C2CC2)nc(OC)c1S(=O)(=O)Nc1noc2cc(Cn3cccn3)cc(OCF)c12. The molecule has 0 saturated heterocycles. The quantitative estimate of drug-likeness (QED) is 0.346. The number of fused-ring (bicyclic) bond motifs is 1. The molecule has 1 aromatic carbocycles. The highest BCUT2D eigenvalue weighted by Crippen LogP contribution is 2.44. The maximum Gasteiger partial charge on any atom is 0.272 e. The van der Waals surface area contributed by atoms with Gasteiger partial charge in [0.2, 0.25) is 12.7 Å². The molecule has 5 rings (SSSR count). The topological polar surface area (TPSA) is 131 Å². The molecule has 0 bridgehead atoms. The van der Waals surface area contributed by atoms with E-state index in [-0.39, 0.29) is 45.0 Å². The number of alkyl halides is 1. The van der Waals surface area contributed by atoms with E-state index in [1.807, 2.05) is 0 Å². The maximum atomic E-state index is 13.4. The van der Waals surface area contributed by atoms with E-state index in [4.69, 9.17) is 18.7 Å². The Morgan fingerprint density at radius 3 is 2.69 bits per heavy atom. The van der Waals surface area contributed by atoms with Gasteiger partial charge in [-0.3, -0.25) is 9.40 Å². The van der Waals surface area contributed by atoms with Crippen LogP contribution in [-0.4, -0.2) is 49.4 Å². The first-order chi connectivity index (χ1) is 16.9. The fraction of sp³-hybridized carbons (Fsp3) is 0.318. The highest BCUT2D eigenvalue weighted by atomic mass is 32.2. The summed E-state index contributed by atoms with van der Waals surface area (Å²) < 4.78 is 65.3. The smallest absolute Gasteiger partial charge is 0.272 e. The molecule has 3 aromatic heterocycles. The molecule has 1 fully saturated rings. The zero-order valence-corrected chi connectivity index (χ0v) is 19.7. The summed E-state index contributed by atoms with van der Waals surface area (Å²) in [5.41, 5.74) is 1.60. The second-order valence-electron chi connectivity index (χ2n) is 7.92. The molecule has 11 nitrogen and oxygen atoms in total. The lowest BCUT2D eigenvalue weighted by Crippen LogP contribution is -2.17. The molecule has 1 aliphatic rings. The first-order valence-corrected chi connectivity index (χ1v) is 12.2. The number of pyridine rings is 1. The third-order valence-corrected chi connectivity index (χ3v) is 6.92. The molecule has 13 heteroatoms. The van der Waals surface area contributed by atoms with Gasteiger partial charge in [0.05, 0.1) is 26.5 Å². The standard InChI is InChI=1S/C22H22FN5O6S/c1-31-18-10-15(14-4-5-14)25-22(32-2)20(18)35(29,30)27-21-19-16(33-12-23)8-13(9-17(19)34-26-21)11-28-7-3-6-24-28/h3,6-10,14H,4-5,11-12H2,1-2H3,(H,26,27). The van der Waals surface area contributed by atoms with Crippen molar-refractivity contribution in [2.24, 2.45) is 0 Å². The fourth-order valence-electron chi connectivity index (χ4n) is 3.81. The number of nitrogens with one attached hydrogen (secondary N) is 1. The Labute approximate surface area is 199 Å². The summed E-state index contributed by atoms with van der Waals surface area (Å²) in [6, 6.07) is 6.59. The molecular weight excluding hydrogens is 481 g/mol. The van der Waals surface area contributed by atoms with Crippen molar-refractivity contribution in [1.29, 1.82) is 0 Å². The Hall–Kier alpha value is -3.87. The van der Waals surface area contributed by atoms with E-state index in [9.17, 15) is 12.8 Å². The number of sulfonamides is 1. The average Bonchev–Trinajstić information content (AvgIpc) is 3.44. The van der Waals surface area contributed by atoms with Crippen LogP contribution >= 0.6 is 0 Å². The van der Waals surface area contributed by atoms with Crippen LogP contribution in [0.3, 0.4) is 0 Å². The Balaban J connectivity index is 1.55. The van der Waals surface area contributed by atoms with Gasteiger partial charge >= 0.3 is 0 Å². The second kappa shape index (κ2) is 9.06. The summed E-state index contributed by atoms with van der Waals surface area (Å²) in [5, 5.41) is 8.17. The van der Waals surface area contributed by atoms with E-state index in [1.165, 1.54) is 14.2 Å². The van der Waals surface area contributed by atoms with Crippen LogP contribution < -0.4 is 18.9 Å². The largest absolute Gasteiger partial charge is 0.495 e. The van der Waals surface area contributed by atoms with Crippen molar-refractivity contribution in [3.63, 3.8) is 0 Å². The number of anilines is 1. The van der Waals surface area contributed by atoms with Crippen LogP contribution in [0.2, 0.25) is 0 Å². The van der Waals surface area contributed by atoms with Gasteiger partial charge in [-0.05, 0) is 36.6 Å². The number of hydrogen-bond acceptors (Lipinski definition) is 9. The molecule has 1 aliphatic carbocycles. The van der Waals surface area contributed by atoms with Crippen LogP contribution in [0.1, 0.15) is 30.0 Å². The predicted molar refractivity (Wildman–Crippen MR) is 122 cm³/mol. The molecule has 0 unspecified atom stereocenters. The molecule has 4 aromatic rings. The van der Waals surface area contributed by atoms with Crippen molar-refractivity contribution in [2.45, 2.75) is 30.2 Å². The molecule has 0 aliphatic heterocycles. The lowest BCUT2D eigenvalue weighted by Gasteiger charge is -2.15. The normalized spacial score (nSPS) is 13.7. The van der Waals surface area contributed by atoms with Crippen molar-refractivity contribution >= 4 is 26.8 Å². The predicted octanol–water partition coefficient (Wildman–Crippen LogP) is 3.47. The average molecular weight is 504 g/mol. The third-order valence-electron chi connectivity index (χ3n) is 5.55. The van der Waals surface area contributed by atoms with Gasteiger partial charge in [-0.25, -0.2) is 17.8 Å². The molecule has 0 amide bonds. The van der Waals surface area contributed by atoms with Gasteiger partial charge in [0.1, 0.15) is 16.9 Å². The molecule has 0 radical (unpaired) electrons. The van der Waals surface area contributed by atoms with E-state index in [0.717, 1.165) is 12.8 Å². The minimum absolute atomic E-state index is 0.0623. The number of hydrogen-bond donors (Lipinski definition) is 1. The number of rotatable bonds is 10. The van der Waals surface area contributed by atoms with Crippen LogP contribution in [0.4, 0.5) is 10.2 Å². The molecule has 1 N–H and O–H groups in total. The number of ether oxygens (including phenoxy) is 3. The van der Waals surface area contributed by atoms with Gasteiger partial charge in [-0.2, -0.15) is 5.10 Å². The minimum atomic E-state index is -4.31. The fourth-order valence-corrected chi connectivity index (χ4v) is 5.08. The van der Waals surface area contributed by atoms with Crippen molar-refractivity contribution in [3.8, 4) is 17.4 Å². The Morgan fingerprint density at radius 2 is 2.03 bits per heavy atom. The summed E-state index contributed by atoms with van der Waals surface area (Å²) in [6.07, 6.45) is 5.33. The minimum Gasteiger partial charge on any atom is -0.495 e. The summed E-state index contributed by atoms with van der Waals surface area (Å²) in [6.45, 7) is -0.771. The zero-order chi connectivity index (χ0) is 24.6. The van der Waals surface area contributed by atoms with Crippen LogP contribution in [-0.2, 0) is 16.6 Å². The summed E-state index contributed by atoms with van der Waals surface area (Å²) in [5.74, 6) is 0.115. The van der Waals surface area contributed by atoms with Crippen LogP contribution in [0.5, 0.6) is 17.4 Å². The zero-order valence-electron chi connectivity index (χ0n) is 18.9. The lowest BCUT2D eigenvalue weighted by molar-refractivity contribution is 0.194. The van der Waals surface area contributed by atoms with Crippen LogP contribution in [0.15, 0.2) is 46.1 Å². The Bertz CT molecular complexity index is 1440. The highest BCUT2D eigenvalue weighted by molar-refractivity contribution is 7.93. The molecule has 184 valence electrons. The highest BCUT2D eigenvalue weighted by Gasteiger charge is 2.33. The summed E-state index contributed by atoms with van der Waals surface area (Å²) >= 11 is 0. The van der Waals surface area contributed by atoms with E-state index < -0.39 is 16.9 Å². The molecule has 3 heterocycles. The summed E-state index contributed by atoms with van der Waals surface area (Å²) in [4.78, 5) is 4.08. The molecule has 35 heavy (non-hydrogen) atoms. The molecule has 1 saturated carbocycles. The lowest BCUT2D eigenvalue weighted by atomic mass is 10.1. The van der Waals surface area contributed by atoms with E-state index in [2.05, 4.69) is 20.0 Å². The van der Waals surface area contributed by atoms with Crippen LogP contribution in [0.25, 0.3) is 11.0 Å². The van der Waals surface area contributed by atoms with Crippen LogP contribution in [0, 0.1) is 0 Å². The number of nitrogens with zero attached hydrogens (tertiary/aromatic N) is 4. The van der Waals surface area contributed by atoms with Crippen molar-refractivity contribution in [1.82, 2.24) is 19.9 Å². The maximum absolute atomic E-state index is 13.4. The number of halogens is 1. The molecular formula is C22H22FN5O6S. The molecule has 0 atom stereocenters. The number of aromatic nitrogens is 4. The monoisotopic (exact) mass is 503 g/mol. The van der Waals surface area contributed by atoms with Gasteiger partial charge in [0.25, 0.3) is 10.0 Å². The third kappa shape index (κ3) is 4.46. The molecule has 0 spiro atoms. The van der Waals surface area contributed by atoms with Gasteiger partial charge in [-0.1, -0.05) is 5.16 Å². The van der Waals surface area contributed by atoms with E-state index in [0.29, 0.717) is 17.8 Å². The summed E-state index contributed by atoms with van der Waals surface area (Å²) in [7, 11) is -1.62. The Morgan fingerprint density at radius 1 is 1.20 bits per heavy atom. The number of benzene rings is 1. The van der Waals surface area contributed by atoms with Gasteiger partial charge in [-0.15, -0.1) is 0 Å². The van der Waals surface area contributed by atoms with E-state index >= 15 is 0 Å². The first kappa shape index (κ1) is 22.9. The van der Waals surface area contributed by atoms with Crippen molar-refractivity contribution < 1.29 is 31.5 Å². The van der Waals surface area contributed by atoms with E-state index in [1.54, 1.807) is 41.3 Å². The van der Waals surface area contributed by atoms with Gasteiger partial charge < -0.3 is 18.7 Å². The van der Waals surface area contributed by atoms with Gasteiger partial charge in [0.15, 0.2) is 16.3 Å². The van der Waals surface area contributed by atoms with Crippen molar-refractivity contribution in [2.75, 3.05) is 25.8 Å². The van der Waals surface area contributed by atoms with Crippen molar-refractivity contribution in [3.05, 3.63) is 47.9 Å². The second-order valence-corrected chi connectivity index (χ2v) is 9.54. The first-order valence-electron chi connectivity index (χ1n) is 10.7. The van der Waals surface area contributed by atoms with Gasteiger partial charge in [0, 0.05) is 24.4 Å². The number of methoxy groups -OCH3 is 2.